The maximum absolute atomic E-state index is 9.82. The van der Waals surface area contributed by atoms with Crippen LogP contribution in [-0.2, 0) is 4.74 Å². The van der Waals surface area contributed by atoms with E-state index in [2.05, 4.69) is 0 Å². The van der Waals surface area contributed by atoms with Crippen LogP contribution in [0.3, 0.4) is 0 Å². The van der Waals surface area contributed by atoms with Gasteiger partial charge >= 0.3 is 0 Å². The Bertz CT molecular complexity index is 609. The lowest BCUT2D eigenvalue weighted by Gasteiger charge is -2.36. The summed E-state index contributed by atoms with van der Waals surface area (Å²) >= 11 is 0. The predicted octanol–water partition coefficient (Wildman–Crippen LogP) is 1.05. The molecule has 0 saturated carbocycles. The molecule has 0 unspecified atom stereocenters. The normalized spacial score (nSPS) is 29.5. The first-order chi connectivity index (χ1) is 10.2. The van der Waals surface area contributed by atoms with Gasteiger partial charge in [0.1, 0.15) is 18.0 Å². The smallest absolute Gasteiger partial charge is 0.202 e. The van der Waals surface area contributed by atoms with E-state index < -0.39 is 24.6 Å². The molecule has 21 heavy (non-hydrogen) atoms. The van der Waals surface area contributed by atoms with Crippen molar-refractivity contribution in [1.82, 2.24) is 0 Å². The molecule has 5 heteroatoms. The zero-order valence-electron chi connectivity index (χ0n) is 11.4. The summed E-state index contributed by atoms with van der Waals surface area (Å²) in [6.07, 6.45) is -3.46. The quantitative estimate of drug-likeness (QED) is 0.787. The van der Waals surface area contributed by atoms with Crippen molar-refractivity contribution in [2.75, 3.05) is 6.61 Å². The van der Waals surface area contributed by atoms with Crippen LogP contribution in [-0.4, -0.2) is 46.5 Å². The summed E-state index contributed by atoms with van der Waals surface area (Å²) in [4.78, 5) is 0. The fraction of sp³-hybridized carbons (Fsp3) is 0.375. The molecule has 1 saturated heterocycles. The van der Waals surface area contributed by atoms with Crippen molar-refractivity contribution in [1.29, 1.82) is 0 Å². The maximum atomic E-state index is 9.82. The average Bonchev–Trinajstić information content (AvgIpc) is 2.51. The average molecular weight is 290 g/mol. The van der Waals surface area contributed by atoms with E-state index in [-0.39, 0.29) is 13.0 Å². The van der Waals surface area contributed by atoms with Gasteiger partial charge in [0, 0.05) is 11.8 Å². The summed E-state index contributed by atoms with van der Waals surface area (Å²) in [6, 6.07) is 13.5. The minimum Gasteiger partial charge on any atom is -0.464 e. The second kappa shape index (κ2) is 5.99. The zero-order valence-corrected chi connectivity index (χ0v) is 11.4. The molecule has 5 nitrogen and oxygen atoms in total. The Morgan fingerprint density at radius 1 is 1.10 bits per heavy atom. The third-order valence-corrected chi connectivity index (χ3v) is 3.72. The lowest BCUT2D eigenvalue weighted by atomic mass is 10.0. The number of aliphatic hydroxyl groups excluding tert-OH is 3. The Labute approximate surface area is 122 Å². The van der Waals surface area contributed by atoms with Crippen LogP contribution >= 0.6 is 0 Å². The van der Waals surface area contributed by atoms with Crippen LogP contribution in [0.1, 0.15) is 6.42 Å². The molecule has 1 aliphatic rings. The summed E-state index contributed by atoms with van der Waals surface area (Å²) in [5.41, 5.74) is 0. The number of benzene rings is 2. The van der Waals surface area contributed by atoms with Crippen molar-refractivity contribution in [2.24, 2.45) is 0 Å². The standard InChI is InChI=1S/C16H18O5/c17-9-14-16(19)12(18)8-15(21-14)20-13-7-3-5-10-4-1-2-6-11(10)13/h1-7,12,14-19H,8-9H2/t12-,14-,15-,16-/m1/s1. The van der Waals surface area contributed by atoms with E-state index in [9.17, 15) is 15.3 Å². The van der Waals surface area contributed by atoms with E-state index in [1.54, 1.807) is 0 Å². The van der Waals surface area contributed by atoms with Crippen LogP contribution in [0.15, 0.2) is 42.5 Å². The molecule has 2 aromatic carbocycles. The highest BCUT2D eigenvalue weighted by atomic mass is 16.7. The van der Waals surface area contributed by atoms with E-state index in [4.69, 9.17) is 9.47 Å². The van der Waals surface area contributed by atoms with Crippen LogP contribution in [0.25, 0.3) is 10.8 Å². The molecule has 0 aromatic heterocycles. The van der Waals surface area contributed by atoms with Gasteiger partial charge in [-0.2, -0.15) is 0 Å². The van der Waals surface area contributed by atoms with Crippen LogP contribution in [0.4, 0.5) is 0 Å². The van der Waals surface area contributed by atoms with Crippen LogP contribution in [0.5, 0.6) is 5.75 Å². The van der Waals surface area contributed by atoms with Crippen molar-refractivity contribution in [2.45, 2.75) is 31.0 Å². The Morgan fingerprint density at radius 2 is 1.86 bits per heavy atom. The highest BCUT2D eigenvalue weighted by Gasteiger charge is 2.37. The summed E-state index contributed by atoms with van der Waals surface area (Å²) < 4.78 is 11.3. The van der Waals surface area contributed by atoms with Crippen molar-refractivity contribution >= 4 is 10.8 Å². The first kappa shape index (κ1) is 14.3. The van der Waals surface area contributed by atoms with Gasteiger partial charge in [-0.05, 0) is 11.5 Å². The van der Waals surface area contributed by atoms with E-state index >= 15 is 0 Å². The lowest BCUT2D eigenvalue weighted by Crippen LogP contribution is -2.51. The molecule has 3 rings (SSSR count). The monoisotopic (exact) mass is 290 g/mol. The van der Waals surface area contributed by atoms with Gasteiger partial charge in [0.2, 0.25) is 6.29 Å². The number of fused-ring (bicyclic) bond motifs is 1. The minimum absolute atomic E-state index is 0.154. The number of ether oxygens (including phenoxy) is 2. The second-order valence-corrected chi connectivity index (χ2v) is 5.18. The molecule has 1 heterocycles. The second-order valence-electron chi connectivity index (χ2n) is 5.18. The number of hydrogen-bond donors (Lipinski definition) is 3. The number of rotatable bonds is 3. The van der Waals surface area contributed by atoms with Gasteiger partial charge in [0.05, 0.1) is 12.7 Å². The summed E-state index contributed by atoms with van der Waals surface area (Å²) in [5.74, 6) is 0.651. The molecular formula is C16H18O5. The van der Waals surface area contributed by atoms with Crippen LogP contribution < -0.4 is 4.74 Å². The van der Waals surface area contributed by atoms with Gasteiger partial charge in [0.25, 0.3) is 0 Å². The van der Waals surface area contributed by atoms with Crippen molar-refractivity contribution in [3.05, 3.63) is 42.5 Å². The van der Waals surface area contributed by atoms with E-state index in [0.29, 0.717) is 5.75 Å². The zero-order chi connectivity index (χ0) is 14.8. The van der Waals surface area contributed by atoms with Gasteiger partial charge in [-0.15, -0.1) is 0 Å². The van der Waals surface area contributed by atoms with E-state index in [0.717, 1.165) is 10.8 Å². The Balaban J connectivity index is 1.82. The molecule has 0 bridgehead atoms. The Morgan fingerprint density at radius 3 is 2.67 bits per heavy atom. The summed E-state index contributed by atoms with van der Waals surface area (Å²) in [6.45, 7) is -0.367. The fourth-order valence-electron chi connectivity index (χ4n) is 2.58. The predicted molar refractivity (Wildman–Crippen MR) is 77.0 cm³/mol. The molecule has 0 radical (unpaired) electrons. The van der Waals surface area contributed by atoms with Crippen LogP contribution in [0.2, 0.25) is 0 Å². The topological polar surface area (TPSA) is 79.2 Å². The molecular weight excluding hydrogens is 272 g/mol. The first-order valence-electron chi connectivity index (χ1n) is 6.96. The summed E-state index contributed by atoms with van der Waals surface area (Å²) in [7, 11) is 0. The highest BCUT2D eigenvalue weighted by molar-refractivity contribution is 5.88. The molecule has 0 amide bonds. The van der Waals surface area contributed by atoms with Gasteiger partial charge in [0.15, 0.2) is 0 Å². The SMILES string of the molecule is OC[C@H]1O[C@@H](Oc2cccc3ccccc23)C[C@@H](O)[C@H]1O. The van der Waals surface area contributed by atoms with Gasteiger partial charge < -0.3 is 24.8 Å². The molecule has 112 valence electrons. The third kappa shape index (κ3) is 2.87. The van der Waals surface area contributed by atoms with E-state index in [1.807, 2.05) is 42.5 Å². The molecule has 1 fully saturated rings. The van der Waals surface area contributed by atoms with Gasteiger partial charge in [-0.25, -0.2) is 0 Å². The Kier molecular flexibility index (Phi) is 4.07. The van der Waals surface area contributed by atoms with Crippen molar-refractivity contribution in [3.63, 3.8) is 0 Å². The van der Waals surface area contributed by atoms with Gasteiger partial charge in [-0.3, -0.25) is 0 Å². The maximum Gasteiger partial charge on any atom is 0.202 e. The van der Waals surface area contributed by atoms with Gasteiger partial charge in [-0.1, -0.05) is 36.4 Å². The number of hydrogen-bond acceptors (Lipinski definition) is 5. The first-order valence-corrected chi connectivity index (χ1v) is 6.96. The van der Waals surface area contributed by atoms with E-state index in [1.165, 1.54) is 0 Å². The fourth-order valence-corrected chi connectivity index (χ4v) is 2.58. The molecule has 0 spiro atoms. The lowest BCUT2D eigenvalue weighted by molar-refractivity contribution is -0.229. The third-order valence-electron chi connectivity index (χ3n) is 3.72. The number of aliphatic hydroxyl groups is 3. The van der Waals surface area contributed by atoms with Crippen molar-refractivity contribution in [3.8, 4) is 5.75 Å². The van der Waals surface area contributed by atoms with Crippen molar-refractivity contribution < 1.29 is 24.8 Å². The Hall–Kier alpha value is -1.66. The largest absolute Gasteiger partial charge is 0.464 e. The molecule has 2 aromatic rings. The minimum atomic E-state index is -1.10. The molecule has 3 N–H and O–H groups in total. The summed E-state index contributed by atoms with van der Waals surface area (Å²) in [5, 5.41) is 30.7. The highest BCUT2D eigenvalue weighted by Crippen LogP contribution is 2.29. The molecule has 1 aliphatic heterocycles. The molecule has 4 atom stereocenters. The molecule has 0 aliphatic carbocycles. The van der Waals surface area contributed by atoms with Crippen LogP contribution in [0, 0.1) is 0 Å².